The molecular formula is C10H7BrOS2. The quantitative estimate of drug-likeness (QED) is 0.503. The van der Waals surface area contributed by atoms with E-state index >= 15 is 0 Å². The SMILES string of the molecule is O=Cc1csc2c(CBr)c(S)ccc12. The van der Waals surface area contributed by atoms with Crippen LogP contribution in [0.2, 0.25) is 0 Å². The summed E-state index contributed by atoms with van der Waals surface area (Å²) >= 11 is 9.40. The van der Waals surface area contributed by atoms with Gasteiger partial charge in [0.25, 0.3) is 0 Å². The maximum absolute atomic E-state index is 10.7. The molecule has 1 aromatic carbocycles. The minimum Gasteiger partial charge on any atom is -0.298 e. The zero-order valence-electron chi connectivity index (χ0n) is 7.16. The lowest BCUT2D eigenvalue weighted by Gasteiger charge is -2.02. The number of hydrogen-bond donors (Lipinski definition) is 1. The van der Waals surface area contributed by atoms with Crippen molar-refractivity contribution in [3.05, 3.63) is 28.6 Å². The van der Waals surface area contributed by atoms with E-state index in [1.165, 1.54) is 0 Å². The standard InChI is InChI=1S/C10H7BrOS2/c11-3-8-9(13)2-1-7-6(4-12)5-14-10(7)8/h1-2,4-5,13H,3H2. The normalized spacial score (nSPS) is 10.7. The molecule has 0 aliphatic carbocycles. The van der Waals surface area contributed by atoms with E-state index in [2.05, 4.69) is 28.6 Å². The van der Waals surface area contributed by atoms with Crippen LogP contribution < -0.4 is 0 Å². The molecule has 2 aromatic rings. The van der Waals surface area contributed by atoms with Gasteiger partial charge in [-0.15, -0.1) is 24.0 Å². The Morgan fingerprint density at radius 1 is 1.50 bits per heavy atom. The molecule has 0 unspecified atom stereocenters. The zero-order chi connectivity index (χ0) is 10.1. The lowest BCUT2D eigenvalue weighted by atomic mass is 10.1. The Bertz CT molecular complexity index is 490. The number of rotatable bonds is 2. The van der Waals surface area contributed by atoms with E-state index in [-0.39, 0.29) is 0 Å². The summed E-state index contributed by atoms with van der Waals surface area (Å²) in [7, 11) is 0. The van der Waals surface area contributed by atoms with Gasteiger partial charge in [-0.2, -0.15) is 0 Å². The van der Waals surface area contributed by atoms with Crippen LogP contribution in [0.4, 0.5) is 0 Å². The van der Waals surface area contributed by atoms with Crippen molar-refractivity contribution < 1.29 is 4.79 Å². The van der Waals surface area contributed by atoms with E-state index in [0.717, 1.165) is 37.7 Å². The molecule has 0 aliphatic heterocycles. The van der Waals surface area contributed by atoms with Crippen molar-refractivity contribution in [1.29, 1.82) is 0 Å². The van der Waals surface area contributed by atoms with Crippen LogP contribution in [-0.4, -0.2) is 6.29 Å². The molecule has 0 radical (unpaired) electrons. The Kier molecular flexibility index (Phi) is 2.95. The molecule has 0 bridgehead atoms. The zero-order valence-corrected chi connectivity index (χ0v) is 10.5. The minimum atomic E-state index is 0.764. The summed E-state index contributed by atoms with van der Waals surface area (Å²) in [6.07, 6.45) is 0.898. The minimum absolute atomic E-state index is 0.764. The van der Waals surface area contributed by atoms with Gasteiger partial charge in [0.15, 0.2) is 6.29 Å². The molecule has 0 aliphatic rings. The first-order chi connectivity index (χ1) is 6.77. The first kappa shape index (κ1) is 10.2. The number of fused-ring (bicyclic) bond motifs is 1. The molecule has 0 spiro atoms. The average molecular weight is 287 g/mol. The molecule has 1 aromatic heterocycles. The fourth-order valence-corrected chi connectivity index (χ4v) is 3.78. The number of alkyl halides is 1. The number of thiophene rings is 1. The van der Waals surface area contributed by atoms with Gasteiger partial charge >= 0.3 is 0 Å². The molecule has 72 valence electrons. The van der Waals surface area contributed by atoms with Gasteiger partial charge in [0.05, 0.1) is 0 Å². The van der Waals surface area contributed by atoms with E-state index in [0.29, 0.717) is 0 Å². The number of hydrogen-bond acceptors (Lipinski definition) is 3. The van der Waals surface area contributed by atoms with Crippen molar-refractivity contribution in [1.82, 2.24) is 0 Å². The van der Waals surface area contributed by atoms with E-state index < -0.39 is 0 Å². The summed E-state index contributed by atoms with van der Waals surface area (Å²) in [5.41, 5.74) is 1.92. The maximum Gasteiger partial charge on any atom is 0.151 e. The lowest BCUT2D eigenvalue weighted by Crippen LogP contribution is -1.82. The van der Waals surface area contributed by atoms with Crippen molar-refractivity contribution in [2.45, 2.75) is 10.2 Å². The third-order valence-corrected chi connectivity index (χ3v) is 4.16. The highest BCUT2D eigenvalue weighted by Crippen LogP contribution is 2.33. The average Bonchev–Trinajstić information content (AvgIpc) is 2.60. The van der Waals surface area contributed by atoms with Crippen LogP contribution in [0.5, 0.6) is 0 Å². The van der Waals surface area contributed by atoms with E-state index in [1.54, 1.807) is 11.3 Å². The van der Waals surface area contributed by atoms with Gasteiger partial charge in [0, 0.05) is 31.3 Å². The van der Waals surface area contributed by atoms with E-state index in [4.69, 9.17) is 0 Å². The number of carbonyl (C=O) groups excluding carboxylic acids is 1. The molecule has 1 nitrogen and oxygen atoms in total. The van der Waals surface area contributed by atoms with Crippen LogP contribution >= 0.6 is 39.9 Å². The molecule has 1 heterocycles. The first-order valence-corrected chi connectivity index (χ1v) is 6.46. The van der Waals surface area contributed by atoms with Crippen molar-refractivity contribution in [3.8, 4) is 0 Å². The molecule has 2 rings (SSSR count). The molecule has 0 saturated carbocycles. The van der Waals surface area contributed by atoms with Gasteiger partial charge in [0.1, 0.15) is 0 Å². The number of aldehydes is 1. The summed E-state index contributed by atoms with van der Waals surface area (Å²) in [4.78, 5) is 11.7. The second-order valence-corrected chi connectivity index (χ2v) is 4.80. The Morgan fingerprint density at radius 3 is 2.93 bits per heavy atom. The van der Waals surface area contributed by atoms with Crippen LogP contribution in [0.3, 0.4) is 0 Å². The van der Waals surface area contributed by atoms with Crippen LogP contribution in [-0.2, 0) is 5.33 Å². The molecule has 4 heteroatoms. The second-order valence-electron chi connectivity index (χ2n) is 2.88. The molecule has 0 N–H and O–H groups in total. The Balaban J connectivity index is 2.83. The van der Waals surface area contributed by atoms with Crippen molar-refractivity contribution >= 4 is 56.3 Å². The number of benzene rings is 1. The maximum atomic E-state index is 10.7. The van der Waals surface area contributed by atoms with Crippen LogP contribution in [0.15, 0.2) is 22.4 Å². The molecule has 0 saturated heterocycles. The molecule has 0 amide bonds. The summed E-state index contributed by atoms with van der Waals surface area (Å²) < 4.78 is 1.15. The van der Waals surface area contributed by atoms with Crippen molar-refractivity contribution in [2.75, 3.05) is 0 Å². The summed E-state index contributed by atoms with van der Waals surface area (Å²) in [5.74, 6) is 0. The highest BCUT2D eigenvalue weighted by molar-refractivity contribution is 9.08. The van der Waals surface area contributed by atoms with Crippen molar-refractivity contribution in [2.24, 2.45) is 0 Å². The first-order valence-electron chi connectivity index (χ1n) is 4.01. The van der Waals surface area contributed by atoms with Gasteiger partial charge in [-0.1, -0.05) is 22.0 Å². The van der Waals surface area contributed by atoms with Gasteiger partial charge in [-0.25, -0.2) is 0 Å². The smallest absolute Gasteiger partial charge is 0.151 e. The molecular weight excluding hydrogens is 280 g/mol. The van der Waals surface area contributed by atoms with E-state index in [9.17, 15) is 4.79 Å². The van der Waals surface area contributed by atoms with Gasteiger partial charge < -0.3 is 0 Å². The molecule has 0 fully saturated rings. The van der Waals surface area contributed by atoms with Crippen LogP contribution in [0.1, 0.15) is 15.9 Å². The Labute approximate surface area is 99.7 Å². The van der Waals surface area contributed by atoms with Crippen LogP contribution in [0, 0.1) is 0 Å². The highest BCUT2D eigenvalue weighted by atomic mass is 79.9. The fraction of sp³-hybridized carbons (Fsp3) is 0.100. The summed E-state index contributed by atoms with van der Waals surface area (Å²) in [6, 6.07) is 3.88. The molecule has 0 atom stereocenters. The third-order valence-electron chi connectivity index (χ3n) is 2.11. The fourth-order valence-electron chi connectivity index (χ4n) is 1.39. The number of thiol groups is 1. The summed E-state index contributed by atoms with van der Waals surface area (Å²) in [6.45, 7) is 0. The van der Waals surface area contributed by atoms with Crippen LogP contribution in [0.25, 0.3) is 10.1 Å². The Morgan fingerprint density at radius 2 is 2.29 bits per heavy atom. The largest absolute Gasteiger partial charge is 0.298 e. The molecule has 14 heavy (non-hydrogen) atoms. The third kappa shape index (κ3) is 1.51. The van der Waals surface area contributed by atoms with E-state index in [1.807, 2.05) is 17.5 Å². The monoisotopic (exact) mass is 286 g/mol. The van der Waals surface area contributed by atoms with Gasteiger partial charge in [-0.05, 0) is 11.6 Å². The number of carbonyl (C=O) groups is 1. The van der Waals surface area contributed by atoms with Gasteiger partial charge in [0.2, 0.25) is 0 Å². The predicted octanol–water partition coefficient (Wildman–Crippen LogP) is 3.90. The van der Waals surface area contributed by atoms with Gasteiger partial charge in [-0.3, -0.25) is 4.79 Å². The second kappa shape index (κ2) is 4.04. The lowest BCUT2D eigenvalue weighted by molar-refractivity contribution is 0.112. The topological polar surface area (TPSA) is 17.1 Å². The van der Waals surface area contributed by atoms with Crippen molar-refractivity contribution in [3.63, 3.8) is 0 Å². The Hall–Kier alpha value is -0.320. The summed E-state index contributed by atoms with van der Waals surface area (Å²) in [5, 5.41) is 3.68. The number of halogens is 1. The highest BCUT2D eigenvalue weighted by Gasteiger charge is 2.09. The predicted molar refractivity (Wildman–Crippen MR) is 67.1 cm³/mol.